The van der Waals surface area contributed by atoms with Crippen LogP contribution in [0.25, 0.3) is 10.9 Å². The number of hydrogen-bond acceptors (Lipinski definition) is 7. The number of rotatable bonds is 11. The largest absolute Gasteiger partial charge is 0.493 e. The third-order valence-electron chi connectivity index (χ3n) is 5.63. The summed E-state index contributed by atoms with van der Waals surface area (Å²) in [5.74, 6) is 0.0107. The molecule has 2 N–H and O–H groups in total. The lowest BCUT2D eigenvalue weighted by Crippen LogP contribution is -2.43. The first-order valence-corrected chi connectivity index (χ1v) is 11.7. The van der Waals surface area contributed by atoms with Crippen molar-refractivity contribution in [2.24, 2.45) is 0 Å². The minimum absolute atomic E-state index is 0.0562. The summed E-state index contributed by atoms with van der Waals surface area (Å²) < 4.78 is 17.9. The van der Waals surface area contributed by atoms with Crippen LogP contribution < -0.4 is 31.4 Å². The highest BCUT2D eigenvalue weighted by molar-refractivity contribution is 5.94. The van der Waals surface area contributed by atoms with Crippen molar-refractivity contribution >= 4 is 22.7 Å². The standard InChI is InChI=1S/C26H32N4O7/c1-16(2)28-23(31)15-29-20-13-22(37-5)21(36-4)12-19(20)25(33)30(26(29)34)14-17-6-8-18(9-7-17)24(32)27-10-11-35-3/h6-9,12-13,16H,10-11,14-15H2,1-5H3,(H,27,32)(H,28,31). The van der Waals surface area contributed by atoms with Crippen molar-refractivity contribution in [2.75, 3.05) is 34.5 Å². The summed E-state index contributed by atoms with van der Waals surface area (Å²) in [5.41, 5.74) is 0.134. The van der Waals surface area contributed by atoms with Crippen LogP contribution in [0.4, 0.5) is 0 Å². The van der Waals surface area contributed by atoms with Gasteiger partial charge in [0.15, 0.2) is 11.5 Å². The molecule has 0 aliphatic rings. The third kappa shape index (κ3) is 6.36. The number of nitrogens with zero attached hydrogens (tertiary/aromatic N) is 2. The zero-order valence-corrected chi connectivity index (χ0v) is 21.6. The summed E-state index contributed by atoms with van der Waals surface area (Å²) in [5, 5.41) is 5.70. The average molecular weight is 513 g/mol. The monoisotopic (exact) mass is 512 g/mol. The van der Waals surface area contributed by atoms with Crippen molar-refractivity contribution in [3.63, 3.8) is 0 Å². The molecular formula is C26H32N4O7. The van der Waals surface area contributed by atoms with E-state index < -0.39 is 11.2 Å². The van der Waals surface area contributed by atoms with Gasteiger partial charge in [0.05, 0.1) is 38.3 Å². The van der Waals surface area contributed by atoms with Gasteiger partial charge in [0, 0.05) is 31.3 Å². The number of carbonyl (C=O) groups is 2. The molecule has 37 heavy (non-hydrogen) atoms. The molecule has 2 aromatic carbocycles. The van der Waals surface area contributed by atoms with E-state index in [0.29, 0.717) is 35.8 Å². The molecule has 3 rings (SSSR count). The fraction of sp³-hybridized carbons (Fsp3) is 0.385. The van der Waals surface area contributed by atoms with E-state index in [-0.39, 0.29) is 41.8 Å². The van der Waals surface area contributed by atoms with E-state index in [1.165, 1.54) is 30.9 Å². The fourth-order valence-corrected chi connectivity index (χ4v) is 3.86. The van der Waals surface area contributed by atoms with E-state index in [4.69, 9.17) is 14.2 Å². The van der Waals surface area contributed by atoms with Crippen molar-refractivity contribution in [3.05, 3.63) is 68.4 Å². The summed E-state index contributed by atoms with van der Waals surface area (Å²) in [6.07, 6.45) is 0. The van der Waals surface area contributed by atoms with E-state index in [1.54, 1.807) is 31.4 Å². The van der Waals surface area contributed by atoms with Gasteiger partial charge >= 0.3 is 5.69 Å². The maximum absolute atomic E-state index is 13.5. The van der Waals surface area contributed by atoms with Crippen LogP contribution in [-0.2, 0) is 22.6 Å². The highest BCUT2D eigenvalue weighted by atomic mass is 16.5. The number of hydrogen-bond donors (Lipinski definition) is 2. The lowest BCUT2D eigenvalue weighted by Gasteiger charge is -2.17. The summed E-state index contributed by atoms with van der Waals surface area (Å²) in [7, 11) is 4.44. The molecule has 0 saturated heterocycles. The topological polar surface area (TPSA) is 130 Å². The van der Waals surface area contributed by atoms with Crippen molar-refractivity contribution in [2.45, 2.75) is 33.0 Å². The van der Waals surface area contributed by atoms with Gasteiger partial charge in [-0.25, -0.2) is 4.79 Å². The Labute approximate surface area is 213 Å². The number of nitrogens with one attached hydrogen (secondary N) is 2. The Morgan fingerprint density at radius 1 is 0.946 bits per heavy atom. The molecule has 0 spiro atoms. The Balaban J connectivity index is 2.06. The Hall–Kier alpha value is -4.12. The molecule has 0 radical (unpaired) electrons. The fourth-order valence-electron chi connectivity index (χ4n) is 3.86. The van der Waals surface area contributed by atoms with E-state index in [0.717, 1.165) is 4.57 Å². The van der Waals surface area contributed by atoms with E-state index in [9.17, 15) is 19.2 Å². The molecule has 0 bridgehead atoms. The second-order valence-electron chi connectivity index (χ2n) is 8.65. The van der Waals surface area contributed by atoms with Crippen LogP contribution in [0.2, 0.25) is 0 Å². The summed E-state index contributed by atoms with van der Waals surface area (Å²) >= 11 is 0. The summed E-state index contributed by atoms with van der Waals surface area (Å²) in [6, 6.07) is 9.47. The van der Waals surface area contributed by atoms with Gasteiger partial charge in [-0.2, -0.15) is 0 Å². The minimum Gasteiger partial charge on any atom is -0.493 e. The Kier molecular flexibility index (Phi) is 9.07. The Morgan fingerprint density at radius 2 is 1.59 bits per heavy atom. The predicted molar refractivity (Wildman–Crippen MR) is 139 cm³/mol. The van der Waals surface area contributed by atoms with Gasteiger partial charge in [-0.05, 0) is 37.6 Å². The van der Waals surface area contributed by atoms with Gasteiger partial charge in [0.25, 0.3) is 11.5 Å². The lowest BCUT2D eigenvalue weighted by molar-refractivity contribution is -0.122. The molecular weight excluding hydrogens is 480 g/mol. The quantitative estimate of drug-likeness (QED) is 0.369. The Bertz CT molecular complexity index is 1390. The van der Waals surface area contributed by atoms with Crippen LogP contribution in [0.1, 0.15) is 29.8 Å². The number of fused-ring (bicyclic) bond motifs is 1. The van der Waals surface area contributed by atoms with Crippen molar-refractivity contribution in [1.29, 1.82) is 0 Å². The van der Waals surface area contributed by atoms with Crippen LogP contribution in [0, 0.1) is 0 Å². The first kappa shape index (κ1) is 27.5. The summed E-state index contributed by atoms with van der Waals surface area (Å²) in [6.45, 7) is 4.06. The van der Waals surface area contributed by atoms with Crippen LogP contribution in [-0.4, -0.2) is 61.5 Å². The van der Waals surface area contributed by atoms with Gasteiger partial charge < -0.3 is 24.8 Å². The molecule has 0 unspecified atom stereocenters. The van der Waals surface area contributed by atoms with E-state index >= 15 is 0 Å². The SMILES string of the molecule is COCCNC(=O)c1ccc(Cn2c(=O)c3cc(OC)c(OC)cc3n(CC(=O)NC(C)C)c2=O)cc1. The van der Waals surface area contributed by atoms with Crippen molar-refractivity contribution in [1.82, 2.24) is 19.8 Å². The Morgan fingerprint density at radius 3 is 2.19 bits per heavy atom. The zero-order chi connectivity index (χ0) is 27.1. The molecule has 1 heterocycles. The molecule has 0 saturated carbocycles. The molecule has 1 aromatic heterocycles. The molecule has 198 valence electrons. The summed E-state index contributed by atoms with van der Waals surface area (Å²) in [4.78, 5) is 51.8. The number of ether oxygens (including phenoxy) is 3. The second-order valence-corrected chi connectivity index (χ2v) is 8.65. The molecule has 0 atom stereocenters. The van der Waals surface area contributed by atoms with Crippen molar-refractivity contribution < 1.29 is 23.8 Å². The van der Waals surface area contributed by atoms with Crippen LogP contribution in [0.5, 0.6) is 11.5 Å². The second kappa shape index (κ2) is 12.2. The first-order valence-electron chi connectivity index (χ1n) is 11.7. The highest BCUT2D eigenvalue weighted by Crippen LogP contribution is 2.30. The third-order valence-corrected chi connectivity index (χ3v) is 5.63. The number of amides is 2. The lowest BCUT2D eigenvalue weighted by atomic mass is 10.1. The first-order chi connectivity index (χ1) is 17.7. The van der Waals surface area contributed by atoms with Crippen LogP contribution in [0.15, 0.2) is 46.0 Å². The molecule has 11 heteroatoms. The molecule has 2 amide bonds. The maximum Gasteiger partial charge on any atom is 0.332 e. The highest BCUT2D eigenvalue weighted by Gasteiger charge is 2.19. The zero-order valence-electron chi connectivity index (χ0n) is 21.6. The smallest absolute Gasteiger partial charge is 0.332 e. The number of benzene rings is 2. The number of carbonyl (C=O) groups excluding carboxylic acids is 2. The molecule has 0 aliphatic heterocycles. The minimum atomic E-state index is -0.648. The maximum atomic E-state index is 13.5. The van der Waals surface area contributed by atoms with E-state index in [2.05, 4.69) is 10.6 Å². The number of methoxy groups -OCH3 is 3. The van der Waals surface area contributed by atoms with Gasteiger partial charge in [-0.1, -0.05) is 12.1 Å². The number of aromatic nitrogens is 2. The van der Waals surface area contributed by atoms with Crippen molar-refractivity contribution in [3.8, 4) is 11.5 Å². The molecule has 3 aromatic rings. The van der Waals surface area contributed by atoms with Crippen LogP contribution >= 0.6 is 0 Å². The average Bonchev–Trinajstić information content (AvgIpc) is 2.88. The van der Waals surface area contributed by atoms with Gasteiger partial charge in [0.2, 0.25) is 5.91 Å². The van der Waals surface area contributed by atoms with Gasteiger partial charge in [0.1, 0.15) is 6.54 Å². The van der Waals surface area contributed by atoms with Gasteiger partial charge in [-0.15, -0.1) is 0 Å². The van der Waals surface area contributed by atoms with E-state index in [1.807, 2.05) is 13.8 Å². The molecule has 11 nitrogen and oxygen atoms in total. The normalized spacial score (nSPS) is 11.0. The molecule has 0 fully saturated rings. The van der Waals surface area contributed by atoms with Crippen LogP contribution in [0.3, 0.4) is 0 Å². The molecule has 0 aliphatic carbocycles. The van der Waals surface area contributed by atoms with Gasteiger partial charge in [-0.3, -0.25) is 23.5 Å². The predicted octanol–water partition coefficient (Wildman–Crippen LogP) is 1.13.